The van der Waals surface area contributed by atoms with Crippen molar-refractivity contribution in [1.82, 2.24) is 10.3 Å². The van der Waals surface area contributed by atoms with Crippen molar-refractivity contribution in [2.24, 2.45) is 16.0 Å². The van der Waals surface area contributed by atoms with Gasteiger partial charge in [-0.05, 0) is 49.5 Å². The number of aliphatic hydroxyl groups excluding tert-OH is 1. The number of hydrogen-bond donors (Lipinski definition) is 2. The van der Waals surface area contributed by atoms with Crippen LogP contribution in [0.1, 0.15) is 31.7 Å². The summed E-state index contributed by atoms with van der Waals surface area (Å²) in [6.07, 6.45) is 7.43. The summed E-state index contributed by atoms with van der Waals surface area (Å²) in [5.41, 5.74) is 5.54. The molecular formula is C22H29FN4O2. The van der Waals surface area contributed by atoms with Gasteiger partial charge in [-0.2, -0.15) is 5.10 Å². The van der Waals surface area contributed by atoms with Gasteiger partial charge in [-0.15, -0.1) is 0 Å². The maximum atomic E-state index is 13.3. The minimum Gasteiger partial charge on any atom is -0.387 e. The molecule has 1 fully saturated rings. The molecule has 1 amide bonds. The molecule has 2 rings (SSSR count). The van der Waals surface area contributed by atoms with Crippen LogP contribution in [0.4, 0.5) is 4.39 Å². The molecule has 1 heterocycles. The number of nitrogens with one attached hydrogen (secondary N) is 1. The lowest BCUT2D eigenvalue weighted by Gasteiger charge is -2.31. The third-order valence-electron chi connectivity index (χ3n) is 4.83. The molecule has 1 aliphatic heterocycles. The summed E-state index contributed by atoms with van der Waals surface area (Å²) in [6.45, 7) is 7.12. The van der Waals surface area contributed by atoms with Crippen molar-refractivity contribution in [3.05, 3.63) is 60.1 Å². The van der Waals surface area contributed by atoms with Crippen molar-refractivity contribution in [3.8, 4) is 0 Å². The number of allylic oxidation sites excluding steroid dienone is 3. The van der Waals surface area contributed by atoms with E-state index in [-0.39, 0.29) is 11.7 Å². The molecule has 0 unspecified atom stereocenters. The fraction of sp³-hybridized carbons (Fsp3) is 0.409. The van der Waals surface area contributed by atoms with Crippen molar-refractivity contribution in [1.29, 1.82) is 0 Å². The van der Waals surface area contributed by atoms with Crippen LogP contribution in [0.15, 0.2) is 58.8 Å². The minimum absolute atomic E-state index is 0.217. The van der Waals surface area contributed by atoms with E-state index in [0.717, 1.165) is 29.8 Å². The summed E-state index contributed by atoms with van der Waals surface area (Å²) >= 11 is 0. The maximum absolute atomic E-state index is 13.3. The molecule has 29 heavy (non-hydrogen) atoms. The molecule has 1 aliphatic rings. The Hall–Kier alpha value is -2.80. The molecule has 1 aromatic carbocycles. The molecule has 1 aromatic rings. The van der Waals surface area contributed by atoms with Gasteiger partial charge < -0.3 is 15.4 Å². The highest BCUT2D eigenvalue weighted by molar-refractivity contribution is 6.01. The van der Waals surface area contributed by atoms with E-state index in [1.165, 1.54) is 12.1 Å². The molecule has 0 radical (unpaired) electrons. The van der Waals surface area contributed by atoms with Gasteiger partial charge in [0.25, 0.3) is 0 Å². The third-order valence-corrected chi connectivity index (χ3v) is 4.83. The fourth-order valence-corrected chi connectivity index (χ4v) is 3.23. The second-order valence-electron chi connectivity index (χ2n) is 6.87. The highest BCUT2D eigenvalue weighted by Crippen LogP contribution is 2.17. The summed E-state index contributed by atoms with van der Waals surface area (Å²) in [7, 11) is 0. The van der Waals surface area contributed by atoms with Gasteiger partial charge in [0.2, 0.25) is 5.91 Å². The number of nitrogens with zero attached hydrogens (tertiary/aromatic N) is 3. The van der Waals surface area contributed by atoms with Crippen molar-refractivity contribution in [3.63, 3.8) is 0 Å². The van der Waals surface area contributed by atoms with Crippen LogP contribution >= 0.6 is 0 Å². The van der Waals surface area contributed by atoms with Gasteiger partial charge >= 0.3 is 0 Å². The lowest BCUT2D eigenvalue weighted by Crippen LogP contribution is -2.41. The van der Waals surface area contributed by atoms with Gasteiger partial charge in [0.15, 0.2) is 0 Å². The van der Waals surface area contributed by atoms with Crippen LogP contribution in [0.25, 0.3) is 0 Å². The van der Waals surface area contributed by atoms with E-state index in [0.29, 0.717) is 32.0 Å². The van der Waals surface area contributed by atoms with E-state index in [4.69, 9.17) is 5.11 Å². The zero-order chi connectivity index (χ0) is 21.1. The average molecular weight is 400 g/mol. The Balaban J connectivity index is 2.03. The van der Waals surface area contributed by atoms with Crippen LogP contribution in [-0.4, -0.2) is 54.1 Å². The molecule has 6 nitrogen and oxygen atoms in total. The topological polar surface area (TPSA) is 77.3 Å². The van der Waals surface area contributed by atoms with Crippen molar-refractivity contribution in [2.75, 3.05) is 26.2 Å². The van der Waals surface area contributed by atoms with E-state index in [9.17, 15) is 9.18 Å². The fourth-order valence-electron chi connectivity index (χ4n) is 3.23. The summed E-state index contributed by atoms with van der Waals surface area (Å²) in [6, 6.07) is 6.24. The number of hydrazone groups is 1. The molecule has 0 bridgehead atoms. The van der Waals surface area contributed by atoms with Crippen molar-refractivity contribution >= 4 is 17.8 Å². The smallest absolute Gasteiger partial charge is 0.248 e. The summed E-state index contributed by atoms with van der Waals surface area (Å²) in [5, 5.41) is 13.5. The Kier molecular flexibility index (Phi) is 9.24. The zero-order valence-electron chi connectivity index (χ0n) is 16.9. The number of aliphatic hydroxyl groups is 1. The van der Waals surface area contributed by atoms with Crippen LogP contribution in [0, 0.1) is 11.7 Å². The number of halogens is 1. The van der Waals surface area contributed by atoms with E-state index < -0.39 is 6.61 Å². The van der Waals surface area contributed by atoms with Gasteiger partial charge in [-0.3, -0.25) is 9.79 Å². The summed E-state index contributed by atoms with van der Waals surface area (Å²) in [4.78, 5) is 17.6. The molecule has 2 N–H and O–H groups in total. The van der Waals surface area contributed by atoms with E-state index in [1.807, 2.05) is 13.0 Å². The predicted molar refractivity (Wildman–Crippen MR) is 114 cm³/mol. The predicted octanol–water partition coefficient (Wildman–Crippen LogP) is 2.90. The molecule has 0 atom stereocenters. The Morgan fingerprint density at radius 2 is 2.03 bits per heavy atom. The number of likely N-dealkylation sites (tertiary alicyclic amines) is 1. The molecule has 0 aromatic heterocycles. The second-order valence-corrected chi connectivity index (χ2v) is 6.87. The number of carbonyl (C=O) groups is 1. The molecule has 156 valence electrons. The van der Waals surface area contributed by atoms with Gasteiger partial charge in [0, 0.05) is 38.0 Å². The average Bonchev–Trinajstić information content (AvgIpc) is 2.74. The van der Waals surface area contributed by atoms with Gasteiger partial charge in [0.05, 0.1) is 5.71 Å². The Morgan fingerprint density at radius 1 is 1.34 bits per heavy atom. The first kappa shape index (κ1) is 22.5. The standard InChI is InChI=1S/C22H29FN4O2/c1-3-5-20(24-4-2)14-21(18-6-8-19(23)9-7-18)26-25-15-17-10-12-27(13-11-17)22(29)16-28/h3-9,17,25,28H,1,10-16H2,2H3/b20-5-,24-4?,26-21+. The molecular weight excluding hydrogens is 371 g/mol. The van der Waals surface area contributed by atoms with Crippen LogP contribution < -0.4 is 5.43 Å². The van der Waals surface area contributed by atoms with Gasteiger partial charge in [0.1, 0.15) is 12.4 Å². The minimum atomic E-state index is -0.435. The number of piperidine rings is 1. The number of amides is 1. The third kappa shape index (κ3) is 7.27. The maximum Gasteiger partial charge on any atom is 0.248 e. The van der Waals surface area contributed by atoms with Gasteiger partial charge in [-0.25, -0.2) is 4.39 Å². The highest BCUT2D eigenvalue weighted by atomic mass is 19.1. The normalized spacial score (nSPS) is 16.3. The lowest BCUT2D eigenvalue weighted by atomic mass is 9.97. The highest BCUT2D eigenvalue weighted by Gasteiger charge is 2.22. The second kappa shape index (κ2) is 11.9. The zero-order valence-corrected chi connectivity index (χ0v) is 16.9. The van der Waals surface area contributed by atoms with Crippen LogP contribution in [0.2, 0.25) is 0 Å². The monoisotopic (exact) mass is 400 g/mol. The largest absolute Gasteiger partial charge is 0.387 e. The first-order valence-corrected chi connectivity index (χ1v) is 9.81. The summed E-state index contributed by atoms with van der Waals surface area (Å²) in [5.74, 6) is -0.113. The Labute approximate surface area is 171 Å². The number of hydrogen-bond acceptors (Lipinski definition) is 5. The van der Waals surface area contributed by atoms with Crippen LogP contribution in [0.3, 0.4) is 0 Å². The lowest BCUT2D eigenvalue weighted by molar-refractivity contribution is -0.135. The Morgan fingerprint density at radius 3 is 2.62 bits per heavy atom. The molecule has 0 spiro atoms. The van der Waals surface area contributed by atoms with Crippen LogP contribution in [0.5, 0.6) is 0 Å². The summed E-state index contributed by atoms with van der Waals surface area (Å²) < 4.78 is 13.3. The first-order chi connectivity index (χ1) is 14.1. The Bertz CT molecular complexity index is 764. The molecule has 1 saturated heterocycles. The SMILES string of the molecule is C=C/C=C(/C/C(=N\NCC1CCN(C(=O)CO)CC1)c1ccc(F)cc1)N=CC. The molecule has 0 aliphatic carbocycles. The van der Waals surface area contributed by atoms with Gasteiger partial charge in [-0.1, -0.05) is 24.8 Å². The number of carbonyl (C=O) groups excluding carboxylic acids is 1. The number of rotatable bonds is 9. The van der Waals surface area contributed by atoms with Crippen LogP contribution in [-0.2, 0) is 4.79 Å². The number of benzene rings is 1. The quantitative estimate of drug-likeness (QED) is 0.380. The first-order valence-electron chi connectivity index (χ1n) is 9.81. The van der Waals surface area contributed by atoms with E-state index in [1.54, 1.807) is 29.3 Å². The number of aliphatic imine (C=N–C) groups is 1. The molecule has 0 saturated carbocycles. The van der Waals surface area contributed by atoms with E-state index >= 15 is 0 Å². The molecule has 7 heteroatoms. The van der Waals surface area contributed by atoms with Crippen molar-refractivity contribution < 1.29 is 14.3 Å². The van der Waals surface area contributed by atoms with E-state index in [2.05, 4.69) is 22.1 Å². The van der Waals surface area contributed by atoms with Crippen molar-refractivity contribution in [2.45, 2.75) is 26.2 Å².